The standard InChI is InChI=1S/C24H24N2O3S/c1-17(2)23-25(24(27)19-9-5-4-6-10-19)21-11-7-8-12-22(21)26(23)30(28,29)20-15-13-18(3)14-16-20/h4-17,23H,1-3H3/t23-/m0/s1. The lowest BCUT2D eigenvalue weighted by Gasteiger charge is -2.34. The van der Waals surface area contributed by atoms with E-state index in [1.54, 1.807) is 71.6 Å². The second kappa shape index (κ2) is 7.61. The van der Waals surface area contributed by atoms with E-state index in [0.717, 1.165) is 5.56 Å². The third kappa shape index (κ3) is 3.27. The Kier molecular flexibility index (Phi) is 5.12. The number of fused-ring (bicyclic) bond motifs is 1. The van der Waals surface area contributed by atoms with E-state index in [-0.39, 0.29) is 16.7 Å². The van der Waals surface area contributed by atoms with Crippen LogP contribution in [0.5, 0.6) is 0 Å². The third-order valence-electron chi connectivity index (χ3n) is 5.30. The van der Waals surface area contributed by atoms with Gasteiger partial charge in [-0.25, -0.2) is 12.7 Å². The number of hydrogen-bond acceptors (Lipinski definition) is 3. The summed E-state index contributed by atoms with van der Waals surface area (Å²) in [5, 5.41) is 0. The number of carbonyl (C=O) groups excluding carboxylic acids is 1. The molecule has 154 valence electrons. The van der Waals surface area contributed by atoms with Crippen molar-refractivity contribution in [1.29, 1.82) is 0 Å². The minimum Gasteiger partial charge on any atom is -0.284 e. The second-order valence-electron chi connectivity index (χ2n) is 7.80. The molecule has 1 amide bonds. The van der Waals surface area contributed by atoms with Crippen LogP contribution < -0.4 is 9.21 Å². The smallest absolute Gasteiger partial charge is 0.266 e. The Morgan fingerprint density at radius 2 is 1.40 bits per heavy atom. The van der Waals surface area contributed by atoms with E-state index in [2.05, 4.69) is 0 Å². The Balaban J connectivity index is 1.89. The lowest BCUT2D eigenvalue weighted by molar-refractivity contribution is 0.0974. The molecule has 3 aromatic carbocycles. The lowest BCUT2D eigenvalue weighted by atomic mass is 10.1. The van der Waals surface area contributed by atoms with Crippen LogP contribution >= 0.6 is 0 Å². The predicted octanol–water partition coefficient (Wildman–Crippen LogP) is 4.83. The molecule has 0 radical (unpaired) electrons. The van der Waals surface area contributed by atoms with Gasteiger partial charge in [-0.05, 0) is 49.2 Å². The molecule has 1 atom stereocenters. The van der Waals surface area contributed by atoms with Gasteiger partial charge in [0.2, 0.25) is 0 Å². The van der Waals surface area contributed by atoms with E-state index in [4.69, 9.17) is 0 Å². The zero-order chi connectivity index (χ0) is 21.5. The van der Waals surface area contributed by atoms with Crippen LogP contribution in [-0.2, 0) is 10.0 Å². The number of para-hydroxylation sites is 2. The van der Waals surface area contributed by atoms with Gasteiger partial charge < -0.3 is 0 Å². The minimum absolute atomic E-state index is 0.134. The van der Waals surface area contributed by atoms with Crippen molar-refractivity contribution in [2.24, 2.45) is 5.92 Å². The molecule has 0 spiro atoms. The normalized spacial score (nSPS) is 16.1. The highest BCUT2D eigenvalue weighted by atomic mass is 32.2. The summed E-state index contributed by atoms with van der Waals surface area (Å²) in [4.78, 5) is 15.3. The molecule has 30 heavy (non-hydrogen) atoms. The fourth-order valence-electron chi connectivity index (χ4n) is 3.86. The van der Waals surface area contributed by atoms with Gasteiger partial charge in [-0.1, -0.05) is 61.9 Å². The van der Waals surface area contributed by atoms with Gasteiger partial charge >= 0.3 is 0 Å². The highest BCUT2D eigenvalue weighted by Gasteiger charge is 2.47. The van der Waals surface area contributed by atoms with E-state index >= 15 is 0 Å². The zero-order valence-electron chi connectivity index (χ0n) is 17.2. The van der Waals surface area contributed by atoms with Crippen molar-refractivity contribution in [2.45, 2.75) is 31.8 Å². The first-order chi connectivity index (χ1) is 14.3. The molecule has 0 unspecified atom stereocenters. The third-order valence-corrected chi connectivity index (χ3v) is 7.10. The van der Waals surface area contributed by atoms with Gasteiger partial charge in [0.1, 0.15) is 6.17 Å². The number of nitrogens with zero attached hydrogens (tertiary/aromatic N) is 2. The molecular formula is C24H24N2O3S. The van der Waals surface area contributed by atoms with Gasteiger partial charge in [-0.2, -0.15) is 0 Å². The fraction of sp³-hybridized carbons (Fsp3) is 0.208. The number of anilines is 2. The average Bonchev–Trinajstić information content (AvgIpc) is 3.10. The Hall–Kier alpha value is -3.12. The molecule has 0 saturated heterocycles. The van der Waals surface area contributed by atoms with Crippen molar-refractivity contribution in [3.05, 3.63) is 90.0 Å². The molecule has 0 aromatic heterocycles. The van der Waals surface area contributed by atoms with Gasteiger partial charge in [0.15, 0.2) is 0 Å². The average molecular weight is 421 g/mol. The Bertz CT molecular complexity index is 1170. The Labute approximate surface area is 177 Å². The molecular weight excluding hydrogens is 396 g/mol. The first kappa shape index (κ1) is 20.2. The van der Waals surface area contributed by atoms with Gasteiger partial charge in [0.05, 0.1) is 16.3 Å². The van der Waals surface area contributed by atoms with Crippen molar-refractivity contribution >= 4 is 27.3 Å². The molecule has 5 nitrogen and oxygen atoms in total. The minimum atomic E-state index is -3.87. The molecule has 6 heteroatoms. The molecule has 1 aliphatic rings. The van der Waals surface area contributed by atoms with Crippen molar-refractivity contribution in [2.75, 3.05) is 9.21 Å². The lowest BCUT2D eigenvalue weighted by Crippen LogP contribution is -2.51. The molecule has 0 aliphatic carbocycles. The highest BCUT2D eigenvalue weighted by molar-refractivity contribution is 7.93. The Morgan fingerprint density at radius 3 is 2.00 bits per heavy atom. The zero-order valence-corrected chi connectivity index (χ0v) is 18.0. The van der Waals surface area contributed by atoms with E-state index in [9.17, 15) is 13.2 Å². The second-order valence-corrected chi connectivity index (χ2v) is 9.62. The van der Waals surface area contributed by atoms with Crippen LogP contribution in [0.2, 0.25) is 0 Å². The van der Waals surface area contributed by atoms with Crippen LogP contribution in [0, 0.1) is 12.8 Å². The quantitative estimate of drug-likeness (QED) is 0.607. The van der Waals surface area contributed by atoms with Gasteiger partial charge in [-0.3, -0.25) is 9.69 Å². The van der Waals surface area contributed by atoms with Crippen molar-refractivity contribution in [3.63, 3.8) is 0 Å². The van der Waals surface area contributed by atoms with Crippen LogP contribution in [0.3, 0.4) is 0 Å². The van der Waals surface area contributed by atoms with Crippen LogP contribution in [0.15, 0.2) is 83.8 Å². The number of amides is 1. The van der Waals surface area contributed by atoms with Crippen LogP contribution in [0.4, 0.5) is 11.4 Å². The number of hydrogen-bond donors (Lipinski definition) is 0. The summed E-state index contributed by atoms with van der Waals surface area (Å²) in [7, 11) is -3.87. The van der Waals surface area contributed by atoms with Crippen molar-refractivity contribution in [3.8, 4) is 0 Å². The van der Waals surface area contributed by atoms with Gasteiger partial charge in [0.25, 0.3) is 15.9 Å². The summed E-state index contributed by atoms with van der Waals surface area (Å²) < 4.78 is 28.8. The summed E-state index contributed by atoms with van der Waals surface area (Å²) >= 11 is 0. The molecule has 4 rings (SSSR count). The topological polar surface area (TPSA) is 57.7 Å². The molecule has 0 N–H and O–H groups in total. The van der Waals surface area contributed by atoms with Gasteiger partial charge in [-0.15, -0.1) is 0 Å². The fourth-order valence-corrected chi connectivity index (χ4v) is 5.60. The number of carbonyl (C=O) groups is 1. The molecule has 0 saturated carbocycles. The van der Waals surface area contributed by atoms with Gasteiger partial charge in [0, 0.05) is 5.56 Å². The Morgan fingerprint density at radius 1 is 0.833 bits per heavy atom. The van der Waals surface area contributed by atoms with E-state index in [1.165, 1.54) is 4.31 Å². The maximum Gasteiger partial charge on any atom is 0.266 e. The number of sulfonamides is 1. The maximum atomic E-state index is 13.7. The predicted molar refractivity (Wildman–Crippen MR) is 119 cm³/mol. The summed E-state index contributed by atoms with van der Waals surface area (Å²) in [6.07, 6.45) is -0.665. The first-order valence-corrected chi connectivity index (χ1v) is 11.3. The van der Waals surface area contributed by atoms with E-state index < -0.39 is 16.2 Å². The monoisotopic (exact) mass is 420 g/mol. The molecule has 0 bridgehead atoms. The summed E-state index contributed by atoms with van der Waals surface area (Å²) in [5.74, 6) is -0.353. The number of benzene rings is 3. The van der Waals surface area contributed by atoms with Crippen molar-refractivity contribution < 1.29 is 13.2 Å². The summed E-state index contributed by atoms with van der Waals surface area (Å²) in [6, 6.07) is 22.9. The molecule has 1 aliphatic heterocycles. The number of aryl methyl sites for hydroxylation is 1. The first-order valence-electron chi connectivity index (χ1n) is 9.91. The number of rotatable bonds is 4. The van der Waals surface area contributed by atoms with Crippen LogP contribution in [0.25, 0.3) is 0 Å². The molecule has 1 heterocycles. The van der Waals surface area contributed by atoms with E-state index in [1.807, 2.05) is 32.9 Å². The summed E-state index contributed by atoms with van der Waals surface area (Å²) in [5.41, 5.74) is 2.62. The largest absolute Gasteiger partial charge is 0.284 e. The highest BCUT2D eigenvalue weighted by Crippen LogP contribution is 2.45. The van der Waals surface area contributed by atoms with Crippen LogP contribution in [0.1, 0.15) is 29.8 Å². The molecule has 3 aromatic rings. The van der Waals surface area contributed by atoms with E-state index in [0.29, 0.717) is 16.9 Å². The molecule has 0 fully saturated rings. The SMILES string of the molecule is Cc1ccc(S(=O)(=O)N2c3ccccc3N(C(=O)c3ccccc3)[C@@H]2C(C)C)cc1. The van der Waals surface area contributed by atoms with Crippen LogP contribution in [-0.4, -0.2) is 20.5 Å². The maximum absolute atomic E-state index is 13.7. The van der Waals surface area contributed by atoms with Crippen molar-refractivity contribution in [1.82, 2.24) is 0 Å². The summed E-state index contributed by atoms with van der Waals surface area (Å²) in [6.45, 7) is 5.78.